The first-order chi connectivity index (χ1) is 4.68. The normalized spacial score (nSPS) is 9.80. The van der Waals surface area contributed by atoms with E-state index in [1.165, 1.54) is 6.92 Å². The molecule has 1 aromatic rings. The molecule has 1 aromatic heterocycles. The monoisotopic (exact) mass is 202 g/mol. The van der Waals surface area contributed by atoms with Crippen molar-refractivity contribution in [2.45, 2.75) is 13.3 Å². The Bertz CT molecular complexity index is 240. The highest BCUT2D eigenvalue weighted by atomic mass is 79.9. The fourth-order valence-electron chi connectivity index (χ4n) is 0.692. The Kier molecular flexibility index (Phi) is 2.27. The summed E-state index contributed by atoms with van der Waals surface area (Å²) in [5.74, 6) is 0.821. The number of Topliss-reactive ketones (excluding diaryl/α,β-unsaturated/α-hetero) is 1. The lowest BCUT2D eigenvalue weighted by Gasteiger charge is -1.86. The average molecular weight is 203 g/mol. The summed E-state index contributed by atoms with van der Waals surface area (Å²) in [6, 6.07) is 1.79. The second-order valence-corrected chi connectivity index (χ2v) is 3.03. The van der Waals surface area contributed by atoms with Gasteiger partial charge in [-0.3, -0.25) is 4.79 Å². The molecule has 0 bridgehead atoms. The Morgan fingerprint density at radius 1 is 1.80 bits per heavy atom. The SMILES string of the molecule is CC(=O)Cc1cc(Br)co1. The predicted molar refractivity (Wildman–Crippen MR) is 40.8 cm³/mol. The van der Waals surface area contributed by atoms with Crippen LogP contribution in [-0.4, -0.2) is 5.78 Å². The van der Waals surface area contributed by atoms with Crippen LogP contribution in [0.5, 0.6) is 0 Å². The smallest absolute Gasteiger partial charge is 0.137 e. The highest BCUT2D eigenvalue weighted by Crippen LogP contribution is 2.14. The van der Waals surface area contributed by atoms with Crippen molar-refractivity contribution in [2.75, 3.05) is 0 Å². The zero-order valence-corrected chi connectivity index (χ0v) is 7.14. The van der Waals surface area contributed by atoms with Crippen LogP contribution >= 0.6 is 15.9 Å². The molecule has 0 aliphatic heterocycles. The molecule has 3 heteroatoms. The molecule has 0 saturated carbocycles. The van der Waals surface area contributed by atoms with E-state index in [4.69, 9.17) is 4.42 Å². The van der Waals surface area contributed by atoms with E-state index in [-0.39, 0.29) is 5.78 Å². The largest absolute Gasteiger partial charge is 0.468 e. The van der Waals surface area contributed by atoms with Gasteiger partial charge in [0.15, 0.2) is 0 Å². The van der Waals surface area contributed by atoms with Gasteiger partial charge in [0.25, 0.3) is 0 Å². The topological polar surface area (TPSA) is 30.2 Å². The summed E-state index contributed by atoms with van der Waals surface area (Å²) in [6.07, 6.45) is 1.95. The third-order valence-electron chi connectivity index (χ3n) is 1.04. The summed E-state index contributed by atoms with van der Waals surface area (Å²) in [6.45, 7) is 1.54. The first-order valence-electron chi connectivity index (χ1n) is 2.91. The van der Waals surface area contributed by atoms with E-state index in [2.05, 4.69) is 15.9 Å². The number of rotatable bonds is 2. The van der Waals surface area contributed by atoms with E-state index in [9.17, 15) is 4.79 Å². The van der Waals surface area contributed by atoms with Gasteiger partial charge in [0, 0.05) is 0 Å². The maximum Gasteiger partial charge on any atom is 0.137 e. The highest BCUT2D eigenvalue weighted by molar-refractivity contribution is 9.10. The van der Waals surface area contributed by atoms with Gasteiger partial charge in [0.05, 0.1) is 10.9 Å². The molecule has 0 aromatic carbocycles. The Morgan fingerprint density at radius 2 is 2.50 bits per heavy atom. The zero-order valence-electron chi connectivity index (χ0n) is 5.56. The molecule has 0 unspecified atom stereocenters. The third kappa shape index (κ3) is 1.99. The number of hydrogen-bond acceptors (Lipinski definition) is 2. The molecule has 0 saturated heterocycles. The minimum atomic E-state index is 0.113. The number of furan rings is 1. The first-order valence-corrected chi connectivity index (χ1v) is 3.70. The summed E-state index contributed by atoms with van der Waals surface area (Å²) in [7, 11) is 0. The predicted octanol–water partition coefficient (Wildman–Crippen LogP) is 2.17. The summed E-state index contributed by atoms with van der Waals surface area (Å²) in [4.78, 5) is 10.5. The van der Waals surface area contributed by atoms with Crippen molar-refractivity contribution in [3.8, 4) is 0 Å². The molecular formula is C7H7BrO2. The molecule has 0 amide bonds. The van der Waals surface area contributed by atoms with Gasteiger partial charge in [-0.25, -0.2) is 0 Å². The Hall–Kier alpha value is -0.570. The molecule has 2 nitrogen and oxygen atoms in total. The van der Waals surface area contributed by atoms with Crippen molar-refractivity contribution >= 4 is 21.7 Å². The molecule has 1 heterocycles. The fraction of sp³-hybridized carbons (Fsp3) is 0.286. The Morgan fingerprint density at radius 3 is 2.90 bits per heavy atom. The van der Waals surface area contributed by atoms with Crippen LogP contribution in [-0.2, 0) is 11.2 Å². The van der Waals surface area contributed by atoms with E-state index >= 15 is 0 Å². The van der Waals surface area contributed by atoms with E-state index in [1.807, 2.05) is 0 Å². The van der Waals surface area contributed by atoms with Crippen molar-refractivity contribution < 1.29 is 9.21 Å². The van der Waals surface area contributed by atoms with Crippen LogP contribution in [0.1, 0.15) is 12.7 Å². The second kappa shape index (κ2) is 3.01. The maximum absolute atomic E-state index is 10.5. The molecule has 0 aliphatic rings. The number of halogens is 1. The van der Waals surface area contributed by atoms with Crippen molar-refractivity contribution in [3.05, 3.63) is 22.6 Å². The number of carbonyl (C=O) groups excluding carboxylic acids is 1. The van der Waals surface area contributed by atoms with Crippen LogP contribution in [0.25, 0.3) is 0 Å². The van der Waals surface area contributed by atoms with Crippen molar-refractivity contribution in [1.29, 1.82) is 0 Å². The molecule has 0 atom stereocenters. The minimum Gasteiger partial charge on any atom is -0.468 e. The highest BCUT2D eigenvalue weighted by Gasteiger charge is 2.01. The number of ketones is 1. The maximum atomic E-state index is 10.5. The van der Waals surface area contributed by atoms with Gasteiger partial charge in [0.1, 0.15) is 17.8 Å². The van der Waals surface area contributed by atoms with Crippen molar-refractivity contribution in [3.63, 3.8) is 0 Å². The van der Waals surface area contributed by atoms with Gasteiger partial charge in [-0.05, 0) is 28.9 Å². The van der Waals surface area contributed by atoms with E-state index in [0.717, 1.165) is 4.47 Å². The van der Waals surface area contributed by atoms with Crippen LogP contribution in [0.15, 0.2) is 21.2 Å². The quantitative estimate of drug-likeness (QED) is 0.737. The molecule has 0 radical (unpaired) electrons. The molecule has 0 aliphatic carbocycles. The zero-order chi connectivity index (χ0) is 7.56. The van der Waals surface area contributed by atoms with Gasteiger partial charge in [-0.2, -0.15) is 0 Å². The van der Waals surface area contributed by atoms with Crippen LogP contribution in [0.3, 0.4) is 0 Å². The van der Waals surface area contributed by atoms with Crippen molar-refractivity contribution in [2.24, 2.45) is 0 Å². The van der Waals surface area contributed by atoms with Gasteiger partial charge in [-0.15, -0.1) is 0 Å². The van der Waals surface area contributed by atoms with Gasteiger partial charge >= 0.3 is 0 Å². The average Bonchev–Trinajstić information content (AvgIpc) is 2.13. The van der Waals surface area contributed by atoms with E-state index < -0.39 is 0 Å². The number of carbonyl (C=O) groups is 1. The molecule has 10 heavy (non-hydrogen) atoms. The van der Waals surface area contributed by atoms with Gasteiger partial charge in [0.2, 0.25) is 0 Å². The molecule has 0 spiro atoms. The molecule has 0 fully saturated rings. The van der Waals surface area contributed by atoms with Crippen LogP contribution in [0.4, 0.5) is 0 Å². The second-order valence-electron chi connectivity index (χ2n) is 2.11. The molecule has 1 rings (SSSR count). The Labute approximate surface area is 67.3 Å². The molecule has 54 valence electrons. The van der Waals surface area contributed by atoms with E-state index in [1.54, 1.807) is 12.3 Å². The first kappa shape index (κ1) is 7.54. The van der Waals surface area contributed by atoms with Gasteiger partial charge < -0.3 is 4.42 Å². The lowest BCUT2D eigenvalue weighted by molar-refractivity contribution is -0.116. The van der Waals surface area contributed by atoms with E-state index in [0.29, 0.717) is 12.2 Å². The summed E-state index contributed by atoms with van der Waals surface area (Å²) >= 11 is 3.22. The lowest BCUT2D eigenvalue weighted by Crippen LogP contribution is -1.93. The van der Waals surface area contributed by atoms with Crippen molar-refractivity contribution in [1.82, 2.24) is 0 Å². The summed E-state index contributed by atoms with van der Waals surface area (Å²) in [5.41, 5.74) is 0. The lowest BCUT2D eigenvalue weighted by atomic mass is 10.2. The molecule has 0 N–H and O–H groups in total. The molecular weight excluding hydrogens is 196 g/mol. The summed E-state index contributed by atoms with van der Waals surface area (Å²) < 4.78 is 5.89. The van der Waals surface area contributed by atoms with Crippen LogP contribution in [0.2, 0.25) is 0 Å². The van der Waals surface area contributed by atoms with Gasteiger partial charge in [-0.1, -0.05) is 0 Å². The van der Waals surface area contributed by atoms with Crippen LogP contribution in [0, 0.1) is 0 Å². The third-order valence-corrected chi connectivity index (χ3v) is 1.46. The summed E-state index contributed by atoms with van der Waals surface area (Å²) in [5, 5.41) is 0. The van der Waals surface area contributed by atoms with Crippen LogP contribution < -0.4 is 0 Å². The fourth-order valence-corrected chi connectivity index (χ4v) is 1.04. The minimum absolute atomic E-state index is 0.113. The number of hydrogen-bond donors (Lipinski definition) is 0. The standard InChI is InChI=1S/C7H7BrO2/c1-5(9)2-7-3-6(8)4-10-7/h3-4H,2H2,1H3. The Balaban J connectivity index is 2.67.